The van der Waals surface area contributed by atoms with Crippen LogP contribution in [0.4, 0.5) is 6.01 Å². The highest BCUT2D eigenvalue weighted by Crippen LogP contribution is 2.21. The van der Waals surface area contributed by atoms with E-state index in [4.69, 9.17) is 10.3 Å². The Morgan fingerprint density at radius 3 is 2.57 bits per heavy atom. The van der Waals surface area contributed by atoms with Gasteiger partial charge < -0.3 is 10.3 Å². The van der Waals surface area contributed by atoms with E-state index < -0.39 is 0 Å². The van der Waals surface area contributed by atoms with E-state index in [0.29, 0.717) is 5.82 Å². The summed E-state index contributed by atoms with van der Waals surface area (Å²) in [5, 5.41) is 3.78. The van der Waals surface area contributed by atoms with E-state index in [0.717, 1.165) is 5.56 Å². The molecule has 14 heavy (non-hydrogen) atoms. The normalized spacial score (nSPS) is 12.6. The van der Waals surface area contributed by atoms with Gasteiger partial charge in [0, 0.05) is 5.92 Å². The average molecular weight is 189 g/mol. The second-order valence-electron chi connectivity index (χ2n) is 3.12. The van der Waals surface area contributed by atoms with E-state index >= 15 is 0 Å². The first-order valence-electron chi connectivity index (χ1n) is 4.41. The molecule has 2 rings (SSSR count). The van der Waals surface area contributed by atoms with Crippen LogP contribution in [0.1, 0.15) is 24.2 Å². The predicted octanol–water partition coefficient (Wildman–Crippen LogP) is 1.80. The molecule has 0 amide bonds. The number of hydrogen-bond acceptors (Lipinski definition) is 4. The summed E-state index contributed by atoms with van der Waals surface area (Å²) in [6.45, 7) is 2.01. The second-order valence-corrected chi connectivity index (χ2v) is 3.12. The summed E-state index contributed by atoms with van der Waals surface area (Å²) in [5.74, 6) is 0.728. The molecule has 72 valence electrons. The van der Waals surface area contributed by atoms with Crippen LogP contribution in [0.3, 0.4) is 0 Å². The summed E-state index contributed by atoms with van der Waals surface area (Å²) in [4.78, 5) is 3.99. The predicted molar refractivity (Wildman–Crippen MR) is 52.7 cm³/mol. The van der Waals surface area contributed by atoms with Crippen LogP contribution < -0.4 is 5.73 Å². The lowest BCUT2D eigenvalue weighted by molar-refractivity contribution is 0.424. The first-order chi connectivity index (χ1) is 6.77. The van der Waals surface area contributed by atoms with Crippen molar-refractivity contribution in [1.82, 2.24) is 10.1 Å². The molecular weight excluding hydrogens is 178 g/mol. The number of nitrogens with two attached hydrogens (primary N) is 1. The number of hydrogen-bond donors (Lipinski definition) is 1. The Morgan fingerprint density at radius 1 is 1.29 bits per heavy atom. The van der Waals surface area contributed by atoms with E-state index in [1.54, 1.807) is 0 Å². The van der Waals surface area contributed by atoms with Crippen LogP contribution >= 0.6 is 0 Å². The molecule has 1 unspecified atom stereocenters. The van der Waals surface area contributed by atoms with Crippen molar-refractivity contribution in [1.29, 1.82) is 0 Å². The van der Waals surface area contributed by atoms with E-state index in [9.17, 15) is 0 Å². The molecular formula is C10H11N3O. The average Bonchev–Trinajstić information content (AvgIpc) is 2.65. The molecule has 0 saturated heterocycles. The van der Waals surface area contributed by atoms with Gasteiger partial charge in [-0.05, 0) is 5.56 Å². The SMILES string of the molecule is CC(c1ccccc1)c1noc(N)n1. The first-order valence-corrected chi connectivity index (χ1v) is 4.41. The molecule has 1 heterocycles. The highest BCUT2D eigenvalue weighted by Gasteiger charge is 2.13. The fourth-order valence-electron chi connectivity index (χ4n) is 1.31. The van der Waals surface area contributed by atoms with Gasteiger partial charge in [-0.3, -0.25) is 0 Å². The van der Waals surface area contributed by atoms with Crippen molar-refractivity contribution in [2.45, 2.75) is 12.8 Å². The van der Waals surface area contributed by atoms with Gasteiger partial charge in [0.2, 0.25) is 0 Å². The van der Waals surface area contributed by atoms with Crippen molar-refractivity contribution in [2.75, 3.05) is 5.73 Å². The number of rotatable bonds is 2. The van der Waals surface area contributed by atoms with Crippen molar-refractivity contribution < 1.29 is 4.52 Å². The Labute approximate surface area is 81.7 Å². The van der Waals surface area contributed by atoms with Gasteiger partial charge in [-0.2, -0.15) is 4.98 Å². The van der Waals surface area contributed by atoms with E-state index in [1.165, 1.54) is 0 Å². The van der Waals surface area contributed by atoms with Gasteiger partial charge in [0.1, 0.15) is 0 Å². The zero-order chi connectivity index (χ0) is 9.97. The van der Waals surface area contributed by atoms with Gasteiger partial charge in [-0.25, -0.2) is 0 Å². The summed E-state index contributed by atoms with van der Waals surface area (Å²) in [7, 11) is 0. The third-order valence-electron chi connectivity index (χ3n) is 2.14. The maximum atomic E-state index is 5.35. The maximum Gasteiger partial charge on any atom is 0.318 e. The molecule has 0 bridgehead atoms. The fourth-order valence-corrected chi connectivity index (χ4v) is 1.31. The third-order valence-corrected chi connectivity index (χ3v) is 2.14. The quantitative estimate of drug-likeness (QED) is 0.782. The minimum absolute atomic E-state index is 0.109. The van der Waals surface area contributed by atoms with E-state index in [-0.39, 0.29) is 11.9 Å². The summed E-state index contributed by atoms with van der Waals surface area (Å²) in [6, 6.07) is 10.1. The minimum Gasteiger partial charge on any atom is -0.351 e. The first kappa shape index (κ1) is 8.74. The van der Waals surface area contributed by atoms with Crippen molar-refractivity contribution in [3.63, 3.8) is 0 Å². The Hall–Kier alpha value is -1.84. The molecule has 0 fully saturated rings. The number of nitrogens with zero attached hydrogens (tertiary/aromatic N) is 2. The number of nitrogen functional groups attached to an aromatic ring is 1. The highest BCUT2D eigenvalue weighted by atomic mass is 16.5. The molecule has 0 aliphatic carbocycles. The molecule has 0 aliphatic rings. The van der Waals surface area contributed by atoms with Gasteiger partial charge in [-0.1, -0.05) is 42.4 Å². The summed E-state index contributed by atoms with van der Waals surface area (Å²) < 4.78 is 4.72. The van der Waals surface area contributed by atoms with Gasteiger partial charge in [-0.15, -0.1) is 0 Å². The van der Waals surface area contributed by atoms with Gasteiger partial charge in [0.15, 0.2) is 5.82 Å². The molecule has 2 N–H and O–H groups in total. The van der Waals surface area contributed by atoms with Crippen LogP contribution in [0.2, 0.25) is 0 Å². The zero-order valence-corrected chi connectivity index (χ0v) is 7.84. The lowest BCUT2D eigenvalue weighted by Crippen LogP contribution is -1.98. The summed E-state index contributed by atoms with van der Waals surface area (Å²) in [5.41, 5.74) is 6.50. The molecule has 0 saturated carbocycles. The van der Waals surface area contributed by atoms with E-state index in [2.05, 4.69) is 10.1 Å². The smallest absolute Gasteiger partial charge is 0.318 e. The van der Waals surface area contributed by atoms with Crippen LogP contribution in [-0.2, 0) is 0 Å². The van der Waals surface area contributed by atoms with Crippen molar-refractivity contribution in [3.05, 3.63) is 41.7 Å². The molecule has 1 aromatic carbocycles. The standard InChI is InChI=1S/C10H11N3O/c1-7(8-5-3-2-4-6-8)9-12-10(11)14-13-9/h2-7H,1H3,(H2,11,12,13). The van der Waals surface area contributed by atoms with Crippen LogP contribution in [0.25, 0.3) is 0 Å². The lowest BCUT2D eigenvalue weighted by atomic mass is 10.0. The maximum absolute atomic E-state index is 5.35. The molecule has 1 atom stereocenters. The zero-order valence-electron chi connectivity index (χ0n) is 7.84. The number of benzene rings is 1. The molecule has 4 nitrogen and oxygen atoms in total. The van der Waals surface area contributed by atoms with Gasteiger partial charge in [0.05, 0.1) is 0 Å². The molecule has 0 radical (unpaired) electrons. The van der Waals surface area contributed by atoms with Crippen molar-refractivity contribution in [3.8, 4) is 0 Å². The van der Waals surface area contributed by atoms with Crippen LogP contribution in [0.5, 0.6) is 0 Å². The largest absolute Gasteiger partial charge is 0.351 e. The third kappa shape index (κ3) is 1.59. The Kier molecular flexibility index (Phi) is 2.18. The molecule has 0 spiro atoms. The fraction of sp³-hybridized carbons (Fsp3) is 0.200. The molecule has 2 aromatic rings. The van der Waals surface area contributed by atoms with Crippen LogP contribution in [0, 0.1) is 0 Å². The Balaban J connectivity index is 2.29. The Morgan fingerprint density at radius 2 is 2.00 bits per heavy atom. The highest BCUT2D eigenvalue weighted by molar-refractivity contribution is 5.25. The Bertz CT molecular complexity index is 410. The van der Waals surface area contributed by atoms with Crippen molar-refractivity contribution in [2.24, 2.45) is 0 Å². The minimum atomic E-state index is 0.109. The van der Waals surface area contributed by atoms with Gasteiger partial charge in [0.25, 0.3) is 0 Å². The van der Waals surface area contributed by atoms with Gasteiger partial charge >= 0.3 is 6.01 Å². The monoisotopic (exact) mass is 189 g/mol. The van der Waals surface area contributed by atoms with Crippen LogP contribution in [0.15, 0.2) is 34.9 Å². The summed E-state index contributed by atoms with van der Waals surface area (Å²) in [6.07, 6.45) is 0. The molecule has 1 aromatic heterocycles. The topological polar surface area (TPSA) is 64.9 Å². The number of anilines is 1. The van der Waals surface area contributed by atoms with Crippen molar-refractivity contribution >= 4 is 6.01 Å². The molecule has 0 aliphatic heterocycles. The number of aromatic nitrogens is 2. The van der Waals surface area contributed by atoms with Crippen LogP contribution in [-0.4, -0.2) is 10.1 Å². The lowest BCUT2D eigenvalue weighted by Gasteiger charge is -2.05. The summed E-state index contributed by atoms with van der Waals surface area (Å²) >= 11 is 0. The second kappa shape index (κ2) is 3.49. The van der Waals surface area contributed by atoms with E-state index in [1.807, 2.05) is 37.3 Å². The molecule has 4 heteroatoms.